The van der Waals surface area contributed by atoms with Crippen LogP contribution in [0.4, 0.5) is 0 Å². The Morgan fingerprint density at radius 3 is 2.29 bits per heavy atom. The van der Waals surface area contributed by atoms with Crippen LogP contribution in [0.3, 0.4) is 0 Å². The van der Waals surface area contributed by atoms with E-state index in [0.29, 0.717) is 18.5 Å². The number of methoxy groups -OCH3 is 1. The topological polar surface area (TPSA) is 227 Å². The van der Waals surface area contributed by atoms with Crippen LogP contribution in [-0.2, 0) is 55.1 Å². The summed E-state index contributed by atoms with van der Waals surface area (Å²) in [5, 5.41) is 11.9. The van der Waals surface area contributed by atoms with E-state index >= 15 is 0 Å². The van der Waals surface area contributed by atoms with Crippen molar-refractivity contribution in [1.82, 2.24) is 34.9 Å². The Morgan fingerprint density at radius 1 is 0.833 bits per heavy atom. The van der Waals surface area contributed by atoms with Gasteiger partial charge in [-0.05, 0) is 43.2 Å². The van der Waals surface area contributed by atoms with Gasteiger partial charge in [0.2, 0.25) is 17.7 Å². The number of carbonyl (C=O) groups is 7. The average molecular weight is 984 g/mol. The quantitative estimate of drug-likeness (QED) is 0.0828. The smallest absolute Gasteiger partial charge is 0.266 e. The summed E-state index contributed by atoms with van der Waals surface area (Å²) in [5.41, 5.74) is 4.42. The van der Waals surface area contributed by atoms with Crippen LogP contribution in [0.2, 0.25) is 0 Å². The van der Waals surface area contributed by atoms with E-state index in [1.807, 2.05) is 38.2 Å². The van der Waals surface area contributed by atoms with Crippen molar-refractivity contribution in [1.29, 1.82) is 0 Å². The normalized spacial score (nSPS) is 22.2. The number of piperidine rings is 1. The molecular weight excluding hydrogens is 931 g/mol. The number of amides is 7. The Balaban J connectivity index is 0.643. The summed E-state index contributed by atoms with van der Waals surface area (Å²) in [6.07, 6.45) is -0.487. The maximum atomic E-state index is 14.0. The van der Waals surface area contributed by atoms with Crippen molar-refractivity contribution in [2.24, 2.45) is 0 Å². The van der Waals surface area contributed by atoms with Gasteiger partial charge >= 0.3 is 0 Å². The summed E-state index contributed by atoms with van der Waals surface area (Å²) in [6, 6.07) is 19.2. The molecule has 7 heterocycles. The Labute approximate surface area is 411 Å². The third kappa shape index (κ3) is 7.58. The highest BCUT2D eigenvalue weighted by Gasteiger charge is 2.55. The molecule has 374 valence electrons. The Kier molecular flexibility index (Phi) is 12.3. The molecule has 0 saturated carbocycles. The molecule has 20 nitrogen and oxygen atoms in total. The van der Waals surface area contributed by atoms with E-state index in [1.165, 1.54) is 18.2 Å². The number of ether oxygens (including phenoxy) is 6. The van der Waals surface area contributed by atoms with Gasteiger partial charge in [0.25, 0.3) is 23.6 Å². The van der Waals surface area contributed by atoms with Crippen LogP contribution in [0.5, 0.6) is 5.75 Å². The van der Waals surface area contributed by atoms with E-state index in [1.54, 1.807) is 12.0 Å². The molecule has 2 saturated heterocycles. The molecule has 2 fully saturated rings. The minimum atomic E-state index is -1.12. The summed E-state index contributed by atoms with van der Waals surface area (Å²) in [7, 11) is 3.47. The minimum absolute atomic E-state index is 0.00365. The number of nitrogens with one attached hydrogen (secondary N) is 3. The zero-order valence-electron chi connectivity index (χ0n) is 39.9. The van der Waals surface area contributed by atoms with E-state index in [2.05, 4.69) is 49.4 Å². The lowest BCUT2D eigenvalue weighted by molar-refractivity contribution is -0.266. The number of hydrogen-bond donors (Lipinski definition) is 3. The molecule has 5 atom stereocenters. The van der Waals surface area contributed by atoms with Crippen LogP contribution in [-0.4, -0.2) is 145 Å². The largest absolute Gasteiger partial charge is 0.483 e. The molecule has 72 heavy (non-hydrogen) atoms. The van der Waals surface area contributed by atoms with Crippen LogP contribution in [0.15, 0.2) is 66.7 Å². The monoisotopic (exact) mass is 983 g/mol. The highest BCUT2D eigenvalue weighted by atomic mass is 16.6. The first-order valence-corrected chi connectivity index (χ1v) is 24.2. The highest BCUT2D eigenvalue weighted by molar-refractivity contribution is 6.31. The van der Waals surface area contributed by atoms with E-state index in [4.69, 9.17) is 28.4 Å². The maximum absolute atomic E-state index is 14.0. The van der Waals surface area contributed by atoms with Gasteiger partial charge < -0.3 is 53.1 Å². The van der Waals surface area contributed by atoms with E-state index in [9.17, 15) is 33.6 Å². The molecule has 7 amide bonds. The fourth-order valence-corrected chi connectivity index (χ4v) is 11.5. The van der Waals surface area contributed by atoms with Crippen molar-refractivity contribution >= 4 is 85.0 Å². The molecule has 1 unspecified atom stereocenters. The van der Waals surface area contributed by atoms with E-state index in [0.717, 1.165) is 54.1 Å². The van der Waals surface area contributed by atoms with E-state index in [-0.39, 0.29) is 94.1 Å². The van der Waals surface area contributed by atoms with Crippen molar-refractivity contribution < 1.29 is 62.0 Å². The fraction of sp³-hybridized carbons (Fsp3) is 0.404. The number of rotatable bonds is 18. The third-order valence-corrected chi connectivity index (χ3v) is 14.6. The lowest BCUT2D eigenvalue weighted by atomic mass is 9.91. The standard InChI is InChI=1S/C52H53N7O13/c1-52-47(67-3)35(25-40(72-52)57-32-12-6-4-9-28(32)43-44-31(26-54-49(44)64)41-29-10-5-7-13-33(29)59(52)46(41)45(43)57)56(2)39(62)17-19-68-21-23-70-24-22-69-20-18-53-38(61)27-71-36-14-8-11-30-42(36)51(66)58(50(30)65)34-15-16-37(60)55-48(34)63/h4-14,34-35,40,47H,15-27H2,1-3H3,(H,53,61)(H,54,64)(H,55,60,63)/t34?,35-,40-,47-,52+/m1/s1. The number of para-hydroxylation sites is 2. The van der Waals surface area contributed by atoms with Crippen LogP contribution >= 0.6 is 0 Å². The van der Waals surface area contributed by atoms with Gasteiger partial charge in [-0.1, -0.05) is 42.5 Å². The van der Waals surface area contributed by atoms with Crippen molar-refractivity contribution in [3.05, 3.63) is 89.0 Å². The van der Waals surface area contributed by atoms with Crippen LogP contribution < -0.4 is 20.7 Å². The number of aromatic nitrogens is 2. The fourth-order valence-electron chi connectivity index (χ4n) is 11.5. The van der Waals surface area contributed by atoms with Gasteiger partial charge in [-0.2, -0.15) is 0 Å². The van der Waals surface area contributed by atoms with Crippen molar-refractivity contribution in [3.8, 4) is 5.75 Å². The predicted octanol–water partition coefficient (Wildman–Crippen LogP) is 3.63. The zero-order valence-corrected chi connectivity index (χ0v) is 39.9. The number of nitrogens with zero attached hydrogens (tertiary/aromatic N) is 4. The van der Waals surface area contributed by atoms with Gasteiger partial charge in [0.15, 0.2) is 12.3 Å². The highest BCUT2D eigenvalue weighted by Crippen LogP contribution is 2.54. The summed E-state index contributed by atoms with van der Waals surface area (Å²) in [6.45, 7) is 3.65. The van der Waals surface area contributed by atoms with Gasteiger partial charge in [0, 0.05) is 61.6 Å². The van der Waals surface area contributed by atoms with Gasteiger partial charge in [0.05, 0.1) is 90.9 Å². The molecular formula is C52H53N7O13. The second kappa shape index (κ2) is 18.7. The lowest BCUT2D eigenvalue weighted by Crippen LogP contribution is -2.61. The van der Waals surface area contributed by atoms with Crippen molar-refractivity contribution in [3.63, 3.8) is 0 Å². The molecule has 5 aliphatic heterocycles. The molecule has 2 bridgehead atoms. The molecule has 6 aromatic rings. The number of imide groups is 2. The van der Waals surface area contributed by atoms with Crippen LogP contribution in [0, 0.1) is 0 Å². The van der Waals surface area contributed by atoms with Crippen molar-refractivity contribution in [2.45, 2.75) is 69.3 Å². The minimum Gasteiger partial charge on any atom is -0.483 e. The van der Waals surface area contributed by atoms with Gasteiger partial charge in [-0.25, -0.2) is 0 Å². The molecule has 20 heteroatoms. The molecule has 0 spiro atoms. The number of carbonyl (C=O) groups excluding carboxylic acids is 7. The molecule has 2 aromatic heterocycles. The molecule has 4 aromatic carbocycles. The summed E-state index contributed by atoms with van der Waals surface area (Å²) >= 11 is 0. The Hall–Kier alpha value is -7.23. The summed E-state index contributed by atoms with van der Waals surface area (Å²) in [5.74, 6) is -3.25. The van der Waals surface area contributed by atoms with Gasteiger partial charge in [-0.15, -0.1) is 0 Å². The first-order valence-electron chi connectivity index (χ1n) is 24.2. The van der Waals surface area contributed by atoms with Gasteiger partial charge in [0.1, 0.15) is 24.1 Å². The maximum Gasteiger partial charge on any atom is 0.266 e. The zero-order chi connectivity index (χ0) is 50.0. The molecule has 11 rings (SSSR count). The number of benzene rings is 4. The third-order valence-electron chi connectivity index (χ3n) is 14.6. The Bertz CT molecular complexity index is 3270. The lowest BCUT2D eigenvalue weighted by Gasteiger charge is -2.50. The second-order valence-corrected chi connectivity index (χ2v) is 18.7. The number of hydrogen-bond acceptors (Lipinski definition) is 13. The molecule has 3 N–H and O–H groups in total. The van der Waals surface area contributed by atoms with Crippen LogP contribution in [0.1, 0.15) is 75.5 Å². The summed E-state index contributed by atoms with van der Waals surface area (Å²) in [4.78, 5) is 93.2. The average Bonchev–Trinajstić information content (AvgIpc) is 4.09. The first kappa shape index (κ1) is 47.1. The number of likely N-dealkylation sites (N-methyl/N-ethyl adjacent to an activating group) is 1. The van der Waals surface area contributed by atoms with Crippen molar-refractivity contribution in [2.75, 3.05) is 67.0 Å². The van der Waals surface area contributed by atoms with Crippen LogP contribution in [0.25, 0.3) is 43.6 Å². The van der Waals surface area contributed by atoms with E-state index < -0.39 is 66.3 Å². The predicted molar refractivity (Wildman–Crippen MR) is 258 cm³/mol. The Morgan fingerprint density at radius 2 is 1.54 bits per heavy atom. The molecule has 0 aliphatic carbocycles. The second-order valence-electron chi connectivity index (χ2n) is 18.7. The van der Waals surface area contributed by atoms with Gasteiger partial charge in [-0.3, -0.25) is 43.8 Å². The summed E-state index contributed by atoms with van der Waals surface area (Å²) < 4.78 is 40.8. The number of fused-ring (bicyclic) bond motifs is 14. The first-order chi connectivity index (χ1) is 34.9. The molecule has 0 radical (unpaired) electrons. The molecule has 5 aliphatic rings. The SMILES string of the molecule is CO[C@@H]1[C@H](N(C)C(=O)CCOCCOCCOCCNC(=O)COc2cccc3c2C(=O)N(C2CCC(=O)NC2=O)C3=O)C[C@H]2O[C@]1(C)n1c3ccccc3c3c4c(c5c6ccccc6n2c5c31)C(=O)NC4.